The minimum Gasteiger partial charge on any atom is -0.500 e. The highest BCUT2D eigenvalue weighted by Crippen LogP contribution is 1.82. The van der Waals surface area contributed by atoms with Crippen LogP contribution in [0.5, 0.6) is 0 Å². The number of hydrogen-bond donors (Lipinski definition) is 0. The number of amides is 1. The van der Waals surface area contributed by atoms with E-state index in [1.165, 1.54) is 17.4 Å². The Morgan fingerprint density at radius 3 is 2.60 bits per heavy atom. The first kappa shape index (κ1) is 8.75. The molecule has 0 aromatic heterocycles. The molecule has 0 aliphatic heterocycles. The van der Waals surface area contributed by atoms with Crippen LogP contribution < -0.4 is 0 Å². The Hall–Kier alpha value is -1.25. The van der Waals surface area contributed by atoms with Crippen molar-refractivity contribution in [1.82, 2.24) is 4.90 Å². The summed E-state index contributed by atoms with van der Waals surface area (Å²) in [7, 11) is 0. The van der Waals surface area contributed by atoms with E-state index in [9.17, 15) is 4.79 Å². The van der Waals surface area contributed by atoms with Crippen molar-refractivity contribution in [1.29, 1.82) is 0 Å². The molecule has 0 aromatic rings. The lowest BCUT2D eigenvalue weighted by Gasteiger charge is -2.09. The Labute approximate surface area is 60.6 Å². The van der Waals surface area contributed by atoms with Gasteiger partial charge in [0.2, 0.25) is 6.41 Å². The van der Waals surface area contributed by atoms with Gasteiger partial charge in [-0.25, -0.2) is 0 Å². The zero-order chi connectivity index (χ0) is 7.82. The Balaban J connectivity index is 3.34. The normalized spacial score (nSPS) is 8.00. The molecule has 56 valence electrons. The summed E-state index contributed by atoms with van der Waals surface area (Å²) in [6, 6.07) is 0. The third kappa shape index (κ3) is 3.72. The Morgan fingerprint density at radius 1 is 1.50 bits per heavy atom. The largest absolute Gasteiger partial charge is 0.500 e. The van der Waals surface area contributed by atoms with Crippen molar-refractivity contribution >= 4 is 6.41 Å². The van der Waals surface area contributed by atoms with Crippen LogP contribution in [0.4, 0.5) is 0 Å². The highest BCUT2D eigenvalue weighted by molar-refractivity contribution is 5.48. The van der Waals surface area contributed by atoms with E-state index in [2.05, 4.69) is 13.2 Å². The quantitative estimate of drug-likeness (QED) is 0.310. The van der Waals surface area contributed by atoms with Crippen LogP contribution in [-0.2, 0) is 9.53 Å². The van der Waals surface area contributed by atoms with Crippen molar-refractivity contribution < 1.29 is 9.53 Å². The number of rotatable bonds is 6. The van der Waals surface area contributed by atoms with Crippen LogP contribution in [0, 0.1) is 0 Å². The smallest absolute Gasteiger partial charge is 0.213 e. The van der Waals surface area contributed by atoms with E-state index in [-0.39, 0.29) is 0 Å². The molecule has 10 heavy (non-hydrogen) atoms. The van der Waals surface area contributed by atoms with Gasteiger partial charge in [-0.15, -0.1) is 0 Å². The van der Waals surface area contributed by atoms with Crippen molar-refractivity contribution in [2.24, 2.45) is 0 Å². The molecule has 0 bridgehead atoms. The number of carbonyl (C=O) groups excluding carboxylic acids is 1. The molecule has 3 heteroatoms. The summed E-state index contributed by atoms with van der Waals surface area (Å²) in [5.41, 5.74) is 0. The maximum Gasteiger partial charge on any atom is 0.213 e. The molecule has 0 rings (SSSR count). The molecule has 0 spiro atoms. The van der Waals surface area contributed by atoms with E-state index < -0.39 is 0 Å². The van der Waals surface area contributed by atoms with Crippen molar-refractivity contribution in [2.45, 2.75) is 0 Å². The molecule has 0 aromatic carbocycles. The number of carbonyl (C=O) groups is 1. The van der Waals surface area contributed by atoms with Gasteiger partial charge in [-0.3, -0.25) is 4.79 Å². The molecule has 0 aliphatic rings. The van der Waals surface area contributed by atoms with Gasteiger partial charge < -0.3 is 9.64 Å². The molecule has 0 heterocycles. The predicted molar refractivity (Wildman–Crippen MR) is 39.1 cm³/mol. The Morgan fingerprint density at radius 2 is 2.20 bits per heavy atom. The molecule has 0 atom stereocenters. The summed E-state index contributed by atoms with van der Waals surface area (Å²) >= 11 is 0. The zero-order valence-corrected chi connectivity index (χ0v) is 5.82. The third-order valence-electron chi connectivity index (χ3n) is 0.955. The SMILES string of the molecule is C=COCCN(C=C)C=O. The van der Waals surface area contributed by atoms with E-state index in [0.717, 1.165) is 0 Å². The van der Waals surface area contributed by atoms with Gasteiger partial charge >= 0.3 is 0 Å². The molecule has 0 saturated heterocycles. The minimum absolute atomic E-state index is 0.453. The highest BCUT2D eigenvalue weighted by Gasteiger charge is 1.92. The first-order valence-electron chi connectivity index (χ1n) is 2.91. The summed E-state index contributed by atoms with van der Waals surface area (Å²) in [6.45, 7) is 7.74. The van der Waals surface area contributed by atoms with Gasteiger partial charge in [0.15, 0.2) is 0 Å². The first-order valence-corrected chi connectivity index (χ1v) is 2.91. The summed E-state index contributed by atoms with van der Waals surface area (Å²) in [5.74, 6) is 0. The topological polar surface area (TPSA) is 29.5 Å². The first-order chi connectivity index (χ1) is 4.85. The van der Waals surface area contributed by atoms with Crippen LogP contribution in [0.2, 0.25) is 0 Å². The minimum atomic E-state index is 0.453. The number of ether oxygens (including phenoxy) is 1. The second kappa shape index (κ2) is 5.88. The fourth-order valence-electron chi connectivity index (χ4n) is 0.428. The van der Waals surface area contributed by atoms with Crippen molar-refractivity contribution in [2.75, 3.05) is 13.2 Å². The molecule has 1 amide bonds. The van der Waals surface area contributed by atoms with Crippen LogP contribution in [0.25, 0.3) is 0 Å². The standard InChI is InChI=1S/C7H11NO2/c1-3-8(7-9)5-6-10-4-2/h3-4,7H,1-2,5-6H2. The molecular formula is C7H11NO2. The average Bonchev–Trinajstić information content (AvgIpc) is 1.99. The van der Waals surface area contributed by atoms with Gasteiger partial charge in [0, 0.05) is 0 Å². The van der Waals surface area contributed by atoms with Crippen LogP contribution in [0.3, 0.4) is 0 Å². The van der Waals surface area contributed by atoms with Gasteiger partial charge in [-0.05, 0) is 6.20 Å². The summed E-state index contributed by atoms with van der Waals surface area (Å²) in [5, 5.41) is 0. The van der Waals surface area contributed by atoms with Gasteiger partial charge in [0.05, 0.1) is 12.8 Å². The van der Waals surface area contributed by atoms with E-state index in [4.69, 9.17) is 4.74 Å². The van der Waals surface area contributed by atoms with E-state index >= 15 is 0 Å². The molecule has 0 aliphatic carbocycles. The van der Waals surface area contributed by atoms with Gasteiger partial charge in [-0.2, -0.15) is 0 Å². The third-order valence-corrected chi connectivity index (χ3v) is 0.955. The molecule has 0 radical (unpaired) electrons. The second-order valence-electron chi connectivity index (χ2n) is 1.56. The van der Waals surface area contributed by atoms with Crippen LogP contribution >= 0.6 is 0 Å². The lowest BCUT2D eigenvalue weighted by molar-refractivity contribution is -0.116. The zero-order valence-electron chi connectivity index (χ0n) is 5.82. The van der Waals surface area contributed by atoms with Crippen molar-refractivity contribution in [3.05, 3.63) is 25.6 Å². The summed E-state index contributed by atoms with van der Waals surface area (Å²) in [4.78, 5) is 11.5. The lowest BCUT2D eigenvalue weighted by atomic mass is 10.6. The van der Waals surface area contributed by atoms with E-state index in [0.29, 0.717) is 19.6 Å². The van der Waals surface area contributed by atoms with Crippen LogP contribution in [0.15, 0.2) is 25.6 Å². The average molecular weight is 141 g/mol. The lowest BCUT2D eigenvalue weighted by Crippen LogP contribution is -2.19. The maximum atomic E-state index is 10.1. The van der Waals surface area contributed by atoms with Crippen molar-refractivity contribution in [3.8, 4) is 0 Å². The van der Waals surface area contributed by atoms with Gasteiger partial charge in [0.1, 0.15) is 6.61 Å². The van der Waals surface area contributed by atoms with E-state index in [1.807, 2.05) is 0 Å². The number of nitrogens with zero attached hydrogens (tertiary/aromatic N) is 1. The van der Waals surface area contributed by atoms with Gasteiger partial charge in [-0.1, -0.05) is 13.2 Å². The molecule has 0 N–H and O–H groups in total. The monoisotopic (exact) mass is 141 g/mol. The Bertz CT molecular complexity index is 115. The predicted octanol–water partition coefficient (Wildman–Crippen LogP) is 0.748. The maximum absolute atomic E-state index is 10.1. The Kier molecular flexibility index (Phi) is 5.14. The molecule has 3 nitrogen and oxygen atoms in total. The molecular weight excluding hydrogens is 130 g/mol. The molecule has 0 saturated carbocycles. The van der Waals surface area contributed by atoms with E-state index in [1.54, 1.807) is 0 Å². The van der Waals surface area contributed by atoms with Crippen LogP contribution in [0.1, 0.15) is 0 Å². The fraction of sp³-hybridized carbons (Fsp3) is 0.286. The van der Waals surface area contributed by atoms with Crippen LogP contribution in [-0.4, -0.2) is 24.5 Å². The van der Waals surface area contributed by atoms with Gasteiger partial charge in [0.25, 0.3) is 0 Å². The highest BCUT2D eigenvalue weighted by atomic mass is 16.5. The fourth-order valence-corrected chi connectivity index (χ4v) is 0.428. The van der Waals surface area contributed by atoms with Crippen molar-refractivity contribution in [3.63, 3.8) is 0 Å². The summed E-state index contributed by atoms with van der Waals surface area (Å²) in [6.07, 6.45) is 3.48. The molecule has 0 unspecified atom stereocenters. The second-order valence-corrected chi connectivity index (χ2v) is 1.56. The molecule has 0 fully saturated rings. The summed E-state index contributed by atoms with van der Waals surface area (Å²) < 4.78 is 4.78. The number of hydrogen-bond acceptors (Lipinski definition) is 2.